The lowest BCUT2D eigenvalue weighted by atomic mass is 9.68. The van der Waals surface area contributed by atoms with Crippen LogP contribution in [-0.4, -0.2) is 46.5 Å². The summed E-state index contributed by atoms with van der Waals surface area (Å²) in [5.74, 6) is -3.10. The Kier molecular flexibility index (Phi) is 4.54. The largest absolute Gasteiger partial charge is 0.364 e. The van der Waals surface area contributed by atoms with Gasteiger partial charge in [0, 0.05) is 13.1 Å². The fourth-order valence-electron chi connectivity index (χ4n) is 10.6. The highest BCUT2D eigenvalue weighted by molar-refractivity contribution is 6.28. The summed E-state index contributed by atoms with van der Waals surface area (Å²) < 4.78 is 13.6. The number of hydrogen-bond donors (Lipinski definition) is 0. The number of amides is 4. The van der Waals surface area contributed by atoms with Gasteiger partial charge in [-0.2, -0.15) is 0 Å². The molecule has 0 N–H and O–H groups in total. The van der Waals surface area contributed by atoms with Crippen molar-refractivity contribution in [2.75, 3.05) is 13.1 Å². The van der Waals surface area contributed by atoms with Crippen molar-refractivity contribution in [3.8, 4) is 0 Å². The maximum absolute atomic E-state index is 14.1. The molecule has 8 heterocycles. The molecule has 8 nitrogen and oxygen atoms in total. The van der Waals surface area contributed by atoms with Crippen molar-refractivity contribution >= 4 is 55.9 Å². The van der Waals surface area contributed by atoms with E-state index in [1.807, 2.05) is 0 Å². The van der Waals surface area contributed by atoms with Gasteiger partial charge in [0.25, 0.3) is 0 Å². The predicted molar refractivity (Wildman–Crippen MR) is 173 cm³/mol. The zero-order chi connectivity index (χ0) is 32.4. The molecular formula is C39H36N2O6. The second-order valence-corrected chi connectivity index (χ2v) is 17.1. The van der Waals surface area contributed by atoms with Crippen molar-refractivity contribution in [2.45, 2.75) is 83.2 Å². The SMILES string of the molecule is CC(C)(C)c1cc2c3c4c5cc(C(C)(C)C)cc6c7c(c(c1)c2c65)[C@@H]1O[C@H]7C2C(=O)N(CCCN5C(=O)C6C(C5=O)[C@H]4O[C@H]36)C(=O)C21. The van der Waals surface area contributed by atoms with Crippen LogP contribution >= 0.6 is 0 Å². The molecule has 20 bridgehead atoms. The van der Waals surface area contributed by atoms with Crippen LogP contribution in [0.4, 0.5) is 0 Å². The Labute approximate surface area is 271 Å². The lowest BCUT2D eigenvalue weighted by Crippen LogP contribution is -2.38. The molecule has 4 aromatic carbocycles. The molecule has 8 atom stereocenters. The summed E-state index contributed by atoms with van der Waals surface area (Å²) in [6, 6.07) is 9.14. The highest BCUT2D eigenvalue weighted by Crippen LogP contribution is 2.68. The van der Waals surface area contributed by atoms with Crippen molar-refractivity contribution in [3.63, 3.8) is 0 Å². The van der Waals surface area contributed by atoms with Gasteiger partial charge in [-0.3, -0.25) is 29.0 Å². The number of rotatable bonds is 0. The topological polar surface area (TPSA) is 93.2 Å². The monoisotopic (exact) mass is 628 g/mol. The van der Waals surface area contributed by atoms with Crippen molar-refractivity contribution in [2.24, 2.45) is 23.7 Å². The first-order valence-electron chi connectivity index (χ1n) is 17.2. The quantitative estimate of drug-likeness (QED) is 0.174. The zero-order valence-corrected chi connectivity index (χ0v) is 27.4. The molecule has 8 heteroatoms. The van der Waals surface area contributed by atoms with E-state index in [1.54, 1.807) is 0 Å². The molecule has 4 unspecified atom stereocenters. The summed E-state index contributed by atoms with van der Waals surface area (Å²) >= 11 is 0. The van der Waals surface area contributed by atoms with E-state index in [4.69, 9.17) is 9.47 Å². The van der Waals surface area contributed by atoms with Crippen LogP contribution < -0.4 is 0 Å². The molecule has 8 aliphatic rings. The Bertz CT molecular complexity index is 1970. The number of imide groups is 2. The fourth-order valence-corrected chi connectivity index (χ4v) is 10.6. The lowest BCUT2D eigenvalue weighted by molar-refractivity contribution is -0.143. The number of ether oxygens (including phenoxy) is 2. The molecule has 0 saturated carbocycles. The number of nitrogens with zero attached hydrogens (tertiary/aromatic N) is 2. The Morgan fingerprint density at radius 1 is 0.511 bits per heavy atom. The molecule has 8 aliphatic heterocycles. The summed E-state index contributed by atoms with van der Waals surface area (Å²) in [4.78, 5) is 59.2. The number of benzene rings is 4. The maximum atomic E-state index is 14.1. The van der Waals surface area contributed by atoms with Gasteiger partial charge < -0.3 is 9.47 Å². The molecule has 47 heavy (non-hydrogen) atoms. The Balaban J connectivity index is 1.37. The smallest absolute Gasteiger partial charge is 0.236 e. The summed E-state index contributed by atoms with van der Waals surface area (Å²) in [5.41, 5.74) is 6.08. The van der Waals surface area contributed by atoms with Crippen molar-refractivity contribution in [1.29, 1.82) is 0 Å². The van der Waals surface area contributed by atoms with Gasteiger partial charge >= 0.3 is 0 Å². The molecule has 4 aromatic rings. The van der Waals surface area contributed by atoms with Crippen LogP contribution in [0, 0.1) is 23.7 Å². The van der Waals surface area contributed by atoms with E-state index in [1.165, 1.54) is 9.80 Å². The highest BCUT2D eigenvalue weighted by atomic mass is 16.5. The Morgan fingerprint density at radius 3 is 1.04 bits per heavy atom. The van der Waals surface area contributed by atoms with Crippen LogP contribution in [0.1, 0.15) is 106 Å². The van der Waals surface area contributed by atoms with Gasteiger partial charge in [0.2, 0.25) is 23.6 Å². The maximum Gasteiger partial charge on any atom is 0.236 e. The van der Waals surface area contributed by atoms with E-state index in [0.29, 0.717) is 6.42 Å². The van der Waals surface area contributed by atoms with Crippen LogP contribution in [0.3, 0.4) is 0 Å². The molecule has 4 saturated heterocycles. The molecular weight excluding hydrogens is 592 g/mol. The Hall–Kier alpha value is -3.88. The first-order chi connectivity index (χ1) is 22.3. The molecule has 12 rings (SSSR count). The predicted octanol–water partition coefficient (Wildman–Crippen LogP) is 6.04. The lowest BCUT2D eigenvalue weighted by Gasteiger charge is -2.32. The molecule has 4 amide bonds. The third-order valence-corrected chi connectivity index (χ3v) is 12.8. The minimum Gasteiger partial charge on any atom is -0.364 e. The van der Waals surface area contributed by atoms with Gasteiger partial charge in [-0.1, -0.05) is 65.8 Å². The van der Waals surface area contributed by atoms with E-state index in [2.05, 4.69) is 65.8 Å². The molecule has 0 aliphatic carbocycles. The highest BCUT2D eigenvalue weighted by Gasteiger charge is 2.67. The van der Waals surface area contributed by atoms with Crippen LogP contribution in [0.15, 0.2) is 24.3 Å². The zero-order valence-electron chi connectivity index (χ0n) is 27.4. The molecule has 0 aromatic heterocycles. The summed E-state index contributed by atoms with van der Waals surface area (Å²) in [6.07, 6.45) is -1.69. The van der Waals surface area contributed by atoms with Gasteiger partial charge in [-0.15, -0.1) is 0 Å². The van der Waals surface area contributed by atoms with E-state index < -0.39 is 48.1 Å². The summed E-state index contributed by atoms with van der Waals surface area (Å²) in [7, 11) is 0. The number of carbonyl (C=O) groups excluding carboxylic acids is 4. The molecule has 4 fully saturated rings. The van der Waals surface area contributed by atoms with Crippen LogP contribution in [-0.2, 0) is 39.5 Å². The van der Waals surface area contributed by atoms with Crippen molar-refractivity contribution < 1.29 is 28.7 Å². The van der Waals surface area contributed by atoms with E-state index in [-0.39, 0.29) is 47.5 Å². The average molecular weight is 629 g/mol. The van der Waals surface area contributed by atoms with Gasteiger partial charge in [0.15, 0.2) is 0 Å². The first kappa shape index (κ1) is 27.1. The van der Waals surface area contributed by atoms with E-state index in [0.717, 1.165) is 65.7 Å². The first-order valence-corrected chi connectivity index (χ1v) is 17.2. The van der Waals surface area contributed by atoms with Gasteiger partial charge in [0.1, 0.15) is 0 Å². The average Bonchev–Trinajstić information content (AvgIpc) is 3.84. The van der Waals surface area contributed by atoms with Crippen molar-refractivity contribution in [3.05, 3.63) is 57.6 Å². The third kappa shape index (κ3) is 2.85. The number of hydrogen-bond acceptors (Lipinski definition) is 6. The van der Waals surface area contributed by atoms with Gasteiger partial charge in [-0.25, -0.2) is 0 Å². The second-order valence-electron chi connectivity index (χ2n) is 17.1. The standard InChI is InChI=1S/C39H36N2O6/c1-38(2,3)14-10-16-20-17(11-14)23-25-19-13-15(39(4,5)6)12-18(21(19)20)24-22(16)30-26-28(32(24)46-30)36(44)40(34(26)42)8-7-9-41-35(43)27-29(37(41)45)33(25)47-31(23)27/h10-13,26-33H,7-9H2,1-6H3/t26?,27?,28?,29?,30-,31+,32+,33-. The third-order valence-electron chi connectivity index (χ3n) is 12.8. The minimum absolute atomic E-state index is 0.184. The number of carbonyl (C=O) groups is 4. The fraction of sp³-hybridized carbons (Fsp3) is 0.487. The van der Waals surface area contributed by atoms with Crippen LogP contribution in [0.2, 0.25) is 0 Å². The normalized spacial score (nSPS) is 33.4. The summed E-state index contributed by atoms with van der Waals surface area (Å²) in [6.45, 7) is 13.6. The van der Waals surface area contributed by atoms with Crippen molar-refractivity contribution in [1.82, 2.24) is 9.80 Å². The van der Waals surface area contributed by atoms with E-state index >= 15 is 0 Å². The van der Waals surface area contributed by atoms with Gasteiger partial charge in [0.05, 0.1) is 48.1 Å². The Morgan fingerprint density at radius 2 is 0.787 bits per heavy atom. The molecule has 0 spiro atoms. The number of fused-ring (bicyclic) bond motifs is 2. The minimum atomic E-state index is -0.579. The van der Waals surface area contributed by atoms with Gasteiger partial charge in [-0.05, 0) is 82.9 Å². The van der Waals surface area contributed by atoms with Crippen LogP contribution in [0.25, 0.3) is 32.3 Å². The molecule has 0 radical (unpaired) electrons. The molecule has 238 valence electrons. The second kappa shape index (κ2) is 7.87. The van der Waals surface area contributed by atoms with Crippen LogP contribution in [0.5, 0.6) is 0 Å². The van der Waals surface area contributed by atoms with E-state index in [9.17, 15) is 19.2 Å². The summed E-state index contributed by atoms with van der Waals surface area (Å²) in [5, 5.41) is 6.48.